The second-order valence-corrected chi connectivity index (χ2v) is 9.02. The molecule has 6 nitrogen and oxygen atoms in total. The topological polar surface area (TPSA) is 69.7 Å². The first-order chi connectivity index (χ1) is 12.4. The highest BCUT2D eigenvalue weighted by Gasteiger charge is 2.39. The van der Waals surface area contributed by atoms with Crippen molar-refractivity contribution in [1.29, 1.82) is 0 Å². The summed E-state index contributed by atoms with van der Waals surface area (Å²) in [5.41, 5.74) is 1.81. The molecule has 0 bridgehead atoms. The maximum atomic E-state index is 12.6. The van der Waals surface area contributed by atoms with Crippen molar-refractivity contribution in [3.05, 3.63) is 23.8 Å². The third-order valence-electron chi connectivity index (χ3n) is 5.36. The van der Waals surface area contributed by atoms with Crippen LogP contribution in [0.5, 0.6) is 0 Å². The number of sulfonamides is 1. The number of fused-ring (bicyclic) bond motifs is 1. The van der Waals surface area contributed by atoms with E-state index in [0.29, 0.717) is 19.5 Å². The molecule has 0 radical (unpaired) electrons. The largest absolute Gasteiger partial charge is 0.309 e. The molecule has 1 fully saturated rings. The highest BCUT2D eigenvalue weighted by molar-refractivity contribution is 7.89. The van der Waals surface area contributed by atoms with E-state index in [1.165, 1.54) is 0 Å². The van der Waals surface area contributed by atoms with Crippen LogP contribution in [0, 0.1) is 5.92 Å². The van der Waals surface area contributed by atoms with Crippen LogP contribution in [0.1, 0.15) is 39.2 Å². The highest BCUT2D eigenvalue weighted by Crippen LogP contribution is 2.39. The van der Waals surface area contributed by atoms with Gasteiger partial charge < -0.3 is 9.80 Å². The number of nitrogens with zero attached hydrogens (tertiary/aromatic N) is 2. The summed E-state index contributed by atoms with van der Waals surface area (Å²) in [6.45, 7) is 9.04. The van der Waals surface area contributed by atoms with Gasteiger partial charge in [0.05, 0.1) is 4.90 Å². The van der Waals surface area contributed by atoms with Crippen LogP contribution in [0.2, 0.25) is 0 Å². The van der Waals surface area contributed by atoms with Crippen molar-refractivity contribution in [2.24, 2.45) is 5.92 Å². The molecular formula is C19H29N3O3S. The molecule has 1 aromatic carbocycles. The summed E-state index contributed by atoms with van der Waals surface area (Å²) in [7, 11) is -3.53. The van der Waals surface area contributed by atoms with E-state index >= 15 is 0 Å². The summed E-state index contributed by atoms with van der Waals surface area (Å²) >= 11 is 0. The maximum Gasteiger partial charge on any atom is 0.240 e. The predicted molar refractivity (Wildman–Crippen MR) is 103 cm³/mol. The molecule has 0 saturated heterocycles. The number of likely N-dealkylation sites (N-methyl/N-ethyl adjacent to an activating group) is 1. The van der Waals surface area contributed by atoms with Crippen molar-refractivity contribution < 1.29 is 13.2 Å². The SMILES string of the molecule is CCN(CC)CCNS(=O)(=O)c1ccc2c(c1)C[C@@H](C)N2C(=O)C1CC1. The van der Waals surface area contributed by atoms with Gasteiger partial charge >= 0.3 is 0 Å². The molecule has 1 N–H and O–H groups in total. The molecular weight excluding hydrogens is 350 g/mol. The van der Waals surface area contributed by atoms with Crippen LogP contribution >= 0.6 is 0 Å². The van der Waals surface area contributed by atoms with Crippen LogP contribution in [-0.4, -0.2) is 51.4 Å². The molecule has 1 aliphatic carbocycles. The van der Waals surface area contributed by atoms with E-state index in [1.54, 1.807) is 18.2 Å². The van der Waals surface area contributed by atoms with E-state index in [-0.39, 0.29) is 22.8 Å². The molecule has 1 atom stereocenters. The first kappa shape index (κ1) is 19.3. The number of hydrogen-bond donors (Lipinski definition) is 1. The van der Waals surface area contributed by atoms with Gasteiger partial charge in [-0.15, -0.1) is 0 Å². The lowest BCUT2D eigenvalue weighted by molar-refractivity contribution is -0.120. The molecule has 0 spiro atoms. The van der Waals surface area contributed by atoms with E-state index in [1.807, 2.05) is 11.8 Å². The Morgan fingerprint density at radius 1 is 1.27 bits per heavy atom. The van der Waals surface area contributed by atoms with Gasteiger partial charge in [0.2, 0.25) is 15.9 Å². The van der Waals surface area contributed by atoms with E-state index in [2.05, 4.69) is 23.5 Å². The van der Waals surface area contributed by atoms with Crippen LogP contribution in [0.3, 0.4) is 0 Å². The quantitative estimate of drug-likeness (QED) is 0.750. The average molecular weight is 380 g/mol. The summed E-state index contributed by atoms with van der Waals surface area (Å²) in [5, 5.41) is 0. The Labute approximate surface area is 156 Å². The monoisotopic (exact) mass is 379 g/mol. The fourth-order valence-corrected chi connectivity index (χ4v) is 4.67. The number of benzene rings is 1. The minimum atomic E-state index is -3.53. The Morgan fingerprint density at radius 3 is 2.58 bits per heavy atom. The zero-order valence-electron chi connectivity index (χ0n) is 15.9. The highest BCUT2D eigenvalue weighted by atomic mass is 32.2. The van der Waals surface area contributed by atoms with Gasteiger partial charge in [-0.25, -0.2) is 13.1 Å². The Balaban J connectivity index is 1.72. The smallest absolute Gasteiger partial charge is 0.240 e. The summed E-state index contributed by atoms with van der Waals surface area (Å²) < 4.78 is 27.9. The van der Waals surface area contributed by atoms with Gasteiger partial charge in [0.25, 0.3) is 0 Å². The lowest BCUT2D eigenvalue weighted by atomic mass is 10.1. The second kappa shape index (κ2) is 7.66. The minimum Gasteiger partial charge on any atom is -0.309 e. The Hall–Kier alpha value is -1.44. The van der Waals surface area contributed by atoms with Crippen LogP contribution in [0.15, 0.2) is 23.1 Å². The molecule has 1 amide bonds. The van der Waals surface area contributed by atoms with E-state index in [4.69, 9.17) is 0 Å². The van der Waals surface area contributed by atoms with E-state index in [0.717, 1.165) is 37.2 Å². The van der Waals surface area contributed by atoms with Gasteiger partial charge in [-0.3, -0.25) is 4.79 Å². The maximum absolute atomic E-state index is 12.6. The van der Waals surface area contributed by atoms with Crippen molar-refractivity contribution in [2.75, 3.05) is 31.1 Å². The van der Waals surface area contributed by atoms with Gasteiger partial charge in [-0.1, -0.05) is 13.8 Å². The number of anilines is 1. The lowest BCUT2D eigenvalue weighted by Crippen LogP contribution is -2.36. The fourth-order valence-electron chi connectivity index (χ4n) is 3.60. The molecule has 144 valence electrons. The number of amides is 1. The van der Waals surface area contributed by atoms with Crippen molar-refractivity contribution in [3.63, 3.8) is 0 Å². The van der Waals surface area contributed by atoms with Crippen molar-refractivity contribution in [3.8, 4) is 0 Å². The first-order valence-electron chi connectivity index (χ1n) is 9.55. The molecule has 2 aliphatic rings. The Bertz CT molecular complexity index is 770. The van der Waals surface area contributed by atoms with E-state index < -0.39 is 10.0 Å². The van der Waals surface area contributed by atoms with Gasteiger partial charge in [0.1, 0.15) is 0 Å². The third-order valence-corrected chi connectivity index (χ3v) is 6.81. The fraction of sp³-hybridized carbons (Fsp3) is 0.632. The van der Waals surface area contributed by atoms with Gasteiger partial charge in [0, 0.05) is 30.7 Å². The molecule has 1 heterocycles. The zero-order chi connectivity index (χ0) is 18.9. The van der Waals surface area contributed by atoms with E-state index in [9.17, 15) is 13.2 Å². The first-order valence-corrected chi connectivity index (χ1v) is 11.0. The van der Waals surface area contributed by atoms with Crippen LogP contribution in [0.4, 0.5) is 5.69 Å². The van der Waals surface area contributed by atoms with Gasteiger partial charge in [0.15, 0.2) is 0 Å². The van der Waals surface area contributed by atoms with Crippen LogP contribution in [0.25, 0.3) is 0 Å². The minimum absolute atomic E-state index is 0.0895. The lowest BCUT2D eigenvalue weighted by Gasteiger charge is -2.22. The normalized spacial score (nSPS) is 19.8. The number of carbonyl (C=O) groups is 1. The molecule has 1 saturated carbocycles. The summed E-state index contributed by atoms with van der Waals surface area (Å²) in [4.78, 5) is 16.8. The van der Waals surface area contributed by atoms with Crippen molar-refractivity contribution in [2.45, 2.75) is 51.0 Å². The second-order valence-electron chi connectivity index (χ2n) is 7.25. The Kier molecular flexibility index (Phi) is 5.69. The molecule has 26 heavy (non-hydrogen) atoms. The molecule has 1 aromatic rings. The van der Waals surface area contributed by atoms with Gasteiger partial charge in [-0.2, -0.15) is 0 Å². The van der Waals surface area contributed by atoms with Crippen molar-refractivity contribution in [1.82, 2.24) is 9.62 Å². The molecule has 7 heteroatoms. The number of hydrogen-bond acceptors (Lipinski definition) is 4. The number of carbonyl (C=O) groups excluding carboxylic acids is 1. The summed E-state index contributed by atoms with van der Waals surface area (Å²) in [6, 6.07) is 5.22. The van der Waals surface area contributed by atoms with Crippen LogP contribution in [-0.2, 0) is 21.2 Å². The number of nitrogens with one attached hydrogen (secondary N) is 1. The van der Waals surface area contributed by atoms with Crippen molar-refractivity contribution >= 4 is 21.6 Å². The zero-order valence-corrected chi connectivity index (χ0v) is 16.7. The van der Waals surface area contributed by atoms with Crippen LogP contribution < -0.4 is 9.62 Å². The molecule has 1 aliphatic heterocycles. The number of rotatable bonds is 8. The predicted octanol–water partition coefficient (Wildman–Crippen LogP) is 1.99. The molecule has 3 rings (SSSR count). The molecule has 0 aromatic heterocycles. The molecule has 0 unspecified atom stereocenters. The summed E-state index contributed by atoms with van der Waals surface area (Å²) in [5.74, 6) is 0.345. The standard InChI is InChI=1S/C19H29N3O3S/c1-4-21(5-2)11-10-20-26(24,25)17-8-9-18-16(13-17)12-14(3)22(18)19(23)15-6-7-15/h8-9,13-15,20H,4-7,10-12H2,1-3H3/t14-/m1/s1. The Morgan fingerprint density at radius 2 is 1.96 bits per heavy atom. The third kappa shape index (κ3) is 3.94. The average Bonchev–Trinajstić information content (AvgIpc) is 3.40. The summed E-state index contributed by atoms with van der Waals surface area (Å²) in [6.07, 6.45) is 2.65. The van der Waals surface area contributed by atoms with Gasteiger partial charge in [-0.05, 0) is 63.0 Å².